The molecule has 1 aromatic rings. The summed E-state index contributed by atoms with van der Waals surface area (Å²) in [6.07, 6.45) is 5.04. The fraction of sp³-hybridized carbons (Fsp3) is 0.125. The summed E-state index contributed by atoms with van der Waals surface area (Å²) in [4.78, 5) is 6.64. The molecule has 0 spiro atoms. The van der Waals surface area contributed by atoms with E-state index in [1.54, 1.807) is 12.5 Å². The lowest BCUT2D eigenvalue weighted by molar-refractivity contribution is 0.234. The van der Waals surface area contributed by atoms with Crippen molar-refractivity contribution in [1.82, 2.24) is 4.98 Å². The number of pyridine rings is 1. The molecule has 64 valence electrons. The van der Waals surface area contributed by atoms with Gasteiger partial charge in [-0.3, -0.25) is 4.98 Å². The molecule has 0 aliphatic carbocycles. The standard InChI is InChI=1S/C8H6N4O/c9-12-11-8-7-5-13-4-2-6(7)1-3-10-8/h1-4H,5H2. The zero-order chi connectivity index (χ0) is 9.10. The molecule has 1 aliphatic heterocycles. The molecule has 1 aromatic heterocycles. The van der Waals surface area contributed by atoms with Gasteiger partial charge < -0.3 is 4.74 Å². The van der Waals surface area contributed by atoms with Crippen LogP contribution in [0.2, 0.25) is 0 Å². The molecule has 0 bridgehead atoms. The second-order valence-electron chi connectivity index (χ2n) is 2.51. The maximum Gasteiger partial charge on any atom is 0.133 e. The zero-order valence-corrected chi connectivity index (χ0v) is 6.71. The van der Waals surface area contributed by atoms with Gasteiger partial charge in [-0.1, -0.05) is 0 Å². The summed E-state index contributed by atoms with van der Waals surface area (Å²) in [7, 11) is 0. The van der Waals surface area contributed by atoms with Gasteiger partial charge in [0.25, 0.3) is 0 Å². The summed E-state index contributed by atoms with van der Waals surface area (Å²) in [5.74, 6) is 0.393. The number of azide groups is 1. The molecule has 0 aromatic carbocycles. The highest BCUT2D eigenvalue weighted by Gasteiger charge is 2.09. The van der Waals surface area contributed by atoms with Crippen molar-refractivity contribution in [2.24, 2.45) is 5.11 Å². The molecule has 0 fully saturated rings. The van der Waals surface area contributed by atoms with Gasteiger partial charge in [-0.25, -0.2) is 0 Å². The molecule has 0 radical (unpaired) electrons. The summed E-state index contributed by atoms with van der Waals surface area (Å²) >= 11 is 0. The molecule has 0 atom stereocenters. The normalized spacial score (nSPS) is 12.6. The van der Waals surface area contributed by atoms with Crippen molar-refractivity contribution in [2.75, 3.05) is 0 Å². The van der Waals surface area contributed by atoms with E-state index in [9.17, 15) is 0 Å². The van der Waals surface area contributed by atoms with Gasteiger partial charge in [0.2, 0.25) is 0 Å². The van der Waals surface area contributed by atoms with Gasteiger partial charge in [-0.05, 0) is 28.4 Å². The third kappa shape index (κ3) is 1.32. The summed E-state index contributed by atoms with van der Waals surface area (Å²) in [6.45, 7) is 0.411. The lowest BCUT2D eigenvalue weighted by atomic mass is 10.1. The molecule has 0 saturated heterocycles. The van der Waals surface area contributed by atoms with Crippen molar-refractivity contribution in [2.45, 2.75) is 6.61 Å². The number of ether oxygens (including phenoxy) is 1. The highest BCUT2D eigenvalue weighted by molar-refractivity contribution is 5.59. The van der Waals surface area contributed by atoms with E-state index in [4.69, 9.17) is 10.3 Å². The van der Waals surface area contributed by atoms with Gasteiger partial charge >= 0.3 is 0 Å². The first kappa shape index (κ1) is 7.64. The van der Waals surface area contributed by atoms with Gasteiger partial charge in [0.15, 0.2) is 0 Å². The number of fused-ring (bicyclic) bond motifs is 1. The topological polar surface area (TPSA) is 70.9 Å². The second-order valence-corrected chi connectivity index (χ2v) is 2.51. The van der Waals surface area contributed by atoms with E-state index >= 15 is 0 Å². The summed E-state index contributed by atoms with van der Waals surface area (Å²) in [5, 5.41) is 3.48. The van der Waals surface area contributed by atoms with Crippen LogP contribution in [0.1, 0.15) is 11.1 Å². The first-order chi connectivity index (χ1) is 6.42. The SMILES string of the molecule is [N-]=[N+]=Nc1nccc2c1COC=C2. The van der Waals surface area contributed by atoms with E-state index in [0.717, 1.165) is 11.1 Å². The Morgan fingerprint density at radius 1 is 1.62 bits per heavy atom. The van der Waals surface area contributed by atoms with Crippen molar-refractivity contribution in [3.63, 3.8) is 0 Å². The van der Waals surface area contributed by atoms with E-state index in [2.05, 4.69) is 15.0 Å². The highest BCUT2D eigenvalue weighted by atomic mass is 16.5. The molecular weight excluding hydrogens is 168 g/mol. The van der Waals surface area contributed by atoms with E-state index < -0.39 is 0 Å². The Morgan fingerprint density at radius 3 is 3.38 bits per heavy atom. The molecule has 0 unspecified atom stereocenters. The lowest BCUT2D eigenvalue weighted by Gasteiger charge is -2.12. The van der Waals surface area contributed by atoms with Crippen LogP contribution in [0.15, 0.2) is 23.6 Å². The third-order valence-electron chi connectivity index (χ3n) is 1.78. The molecule has 1 aliphatic rings. The molecule has 0 amide bonds. The number of aromatic nitrogens is 1. The van der Waals surface area contributed by atoms with Gasteiger partial charge in [-0.2, -0.15) is 0 Å². The maximum atomic E-state index is 8.28. The first-order valence-corrected chi connectivity index (χ1v) is 3.73. The molecule has 0 saturated carbocycles. The molecule has 0 N–H and O–H groups in total. The fourth-order valence-corrected chi connectivity index (χ4v) is 1.18. The van der Waals surface area contributed by atoms with Gasteiger partial charge in [0.05, 0.1) is 6.26 Å². The van der Waals surface area contributed by atoms with Crippen molar-refractivity contribution < 1.29 is 4.74 Å². The summed E-state index contributed by atoms with van der Waals surface area (Å²) < 4.78 is 5.08. The van der Waals surface area contributed by atoms with E-state index in [-0.39, 0.29) is 0 Å². The Balaban J connectivity index is 2.59. The number of nitrogens with zero attached hydrogens (tertiary/aromatic N) is 4. The fourth-order valence-electron chi connectivity index (χ4n) is 1.18. The van der Waals surface area contributed by atoms with Crippen LogP contribution in [-0.4, -0.2) is 4.98 Å². The minimum absolute atomic E-state index is 0.393. The molecule has 13 heavy (non-hydrogen) atoms. The maximum absolute atomic E-state index is 8.28. The largest absolute Gasteiger partial charge is 0.496 e. The highest BCUT2D eigenvalue weighted by Crippen LogP contribution is 2.25. The predicted octanol–water partition coefficient (Wildman–Crippen LogP) is 2.52. The monoisotopic (exact) mass is 174 g/mol. The van der Waals surface area contributed by atoms with Crippen molar-refractivity contribution >= 4 is 11.9 Å². The number of rotatable bonds is 1. The number of hydrogen-bond acceptors (Lipinski definition) is 3. The first-order valence-electron chi connectivity index (χ1n) is 3.73. The lowest BCUT2D eigenvalue weighted by Crippen LogP contribution is -1.97. The zero-order valence-electron chi connectivity index (χ0n) is 6.71. The van der Waals surface area contributed by atoms with Crippen molar-refractivity contribution in [1.29, 1.82) is 0 Å². The Morgan fingerprint density at radius 2 is 2.54 bits per heavy atom. The predicted molar refractivity (Wildman–Crippen MR) is 46.9 cm³/mol. The van der Waals surface area contributed by atoms with Crippen molar-refractivity contribution in [3.8, 4) is 0 Å². The van der Waals surface area contributed by atoms with Crippen LogP contribution in [0, 0.1) is 0 Å². The van der Waals surface area contributed by atoms with Crippen LogP contribution in [-0.2, 0) is 11.3 Å². The van der Waals surface area contributed by atoms with Gasteiger partial charge in [-0.15, -0.1) is 0 Å². The van der Waals surface area contributed by atoms with Crippen LogP contribution >= 0.6 is 0 Å². The van der Waals surface area contributed by atoms with Crippen LogP contribution in [0.5, 0.6) is 0 Å². The number of hydrogen-bond donors (Lipinski definition) is 0. The Bertz CT molecular complexity index is 407. The van der Waals surface area contributed by atoms with Gasteiger partial charge in [0, 0.05) is 16.7 Å². The van der Waals surface area contributed by atoms with Crippen molar-refractivity contribution in [3.05, 3.63) is 40.1 Å². The van der Waals surface area contributed by atoms with Gasteiger partial charge in [0.1, 0.15) is 12.4 Å². The minimum Gasteiger partial charge on any atom is -0.496 e. The summed E-state index contributed by atoms with van der Waals surface area (Å²) in [5.41, 5.74) is 10.1. The van der Waals surface area contributed by atoms with Crippen LogP contribution in [0.25, 0.3) is 16.5 Å². The molecule has 2 heterocycles. The van der Waals surface area contributed by atoms with E-state index in [1.807, 2.05) is 12.1 Å². The average Bonchev–Trinajstić information content (AvgIpc) is 2.19. The smallest absolute Gasteiger partial charge is 0.133 e. The molecule has 5 heteroatoms. The van der Waals surface area contributed by atoms with Crippen LogP contribution in [0.3, 0.4) is 0 Å². The quantitative estimate of drug-likeness (QED) is 0.372. The molecule has 5 nitrogen and oxygen atoms in total. The van der Waals surface area contributed by atoms with Crippen LogP contribution < -0.4 is 0 Å². The second kappa shape index (κ2) is 3.16. The Labute approximate surface area is 74.3 Å². The average molecular weight is 174 g/mol. The molecular formula is C8H6N4O. The van der Waals surface area contributed by atoms with E-state index in [0.29, 0.717) is 12.4 Å². The van der Waals surface area contributed by atoms with E-state index in [1.165, 1.54) is 0 Å². The third-order valence-corrected chi connectivity index (χ3v) is 1.78. The minimum atomic E-state index is 0.393. The Hall–Kier alpha value is -2.00. The Kier molecular flexibility index (Phi) is 1.86. The van der Waals surface area contributed by atoms with Crippen LogP contribution in [0.4, 0.5) is 5.82 Å². The summed E-state index contributed by atoms with van der Waals surface area (Å²) in [6, 6.07) is 1.85. The molecule has 2 rings (SSSR count).